The largest absolute Gasteiger partial charge is 0.508 e. The van der Waals surface area contributed by atoms with Crippen LogP contribution in [0, 0.1) is 13.8 Å². The van der Waals surface area contributed by atoms with E-state index >= 15 is 0 Å². The Kier molecular flexibility index (Phi) is 3.72. The summed E-state index contributed by atoms with van der Waals surface area (Å²) in [6.07, 6.45) is 1.67. The first-order chi connectivity index (χ1) is 8.58. The van der Waals surface area contributed by atoms with Crippen molar-refractivity contribution in [3.8, 4) is 5.75 Å². The molecule has 2 rings (SSSR count). The standard InChI is InChI=1S/C14H15ClN2O/c1-9-3-4-12(18)11(7-9)8-17-13-10(2)5-6-16-14(13)15/h3-7,17-18H,8H2,1-2H3. The van der Waals surface area contributed by atoms with Crippen LogP contribution in [0.15, 0.2) is 30.5 Å². The topological polar surface area (TPSA) is 45.1 Å². The molecule has 0 saturated heterocycles. The molecule has 0 aliphatic carbocycles. The summed E-state index contributed by atoms with van der Waals surface area (Å²) in [5.41, 5.74) is 3.79. The lowest BCUT2D eigenvalue weighted by molar-refractivity contribution is 0.469. The fraction of sp³-hybridized carbons (Fsp3) is 0.214. The van der Waals surface area contributed by atoms with Gasteiger partial charge in [-0.2, -0.15) is 0 Å². The highest BCUT2D eigenvalue weighted by atomic mass is 35.5. The molecule has 1 aromatic carbocycles. The molecule has 2 N–H and O–H groups in total. The van der Waals surface area contributed by atoms with Gasteiger partial charge in [0, 0.05) is 18.3 Å². The maximum absolute atomic E-state index is 9.76. The lowest BCUT2D eigenvalue weighted by Crippen LogP contribution is -2.03. The second-order valence-electron chi connectivity index (χ2n) is 4.28. The van der Waals surface area contributed by atoms with Gasteiger partial charge in [0.1, 0.15) is 5.75 Å². The number of rotatable bonds is 3. The highest BCUT2D eigenvalue weighted by Gasteiger charge is 2.06. The number of benzene rings is 1. The molecule has 1 heterocycles. The van der Waals surface area contributed by atoms with Crippen LogP contribution in [0.5, 0.6) is 5.75 Å². The van der Waals surface area contributed by atoms with Gasteiger partial charge in [0.25, 0.3) is 0 Å². The summed E-state index contributed by atoms with van der Waals surface area (Å²) in [7, 11) is 0. The summed E-state index contributed by atoms with van der Waals surface area (Å²) in [4.78, 5) is 4.03. The number of nitrogens with one attached hydrogen (secondary N) is 1. The second kappa shape index (κ2) is 5.27. The van der Waals surface area contributed by atoms with Crippen LogP contribution in [0.3, 0.4) is 0 Å². The Morgan fingerprint density at radius 1 is 1.28 bits per heavy atom. The summed E-state index contributed by atoms with van der Waals surface area (Å²) < 4.78 is 0. The van der Waals surface area contributed by atoms with Crippen molar-refractivity contribution in [3.05, 3.63) is 52.3 Å². The number of aryl methyl sites for hydroxylation is 2. The van der Waals surface area contributed by atoms with Crippen LogP contribution in [0.2, 0.25) is 5.15 Å². The highest BCUT2D eigenvalue weighted by Crippen LogP contribution is 2.25. The first kappa shape index (κ1) is 12.7. The molecule has 0 amide bonds. The Bertz CT molecular complexity index is 549. The van der Waals surface area contributed by atoms with Gasteiger partial charge in [-0.05, 0) is 31.5 Å². The van der Waals surface area contributed by atoms with E-state index in [1.54, 1.807) is 12.3 Å². The molecule has 0 saturated carbocycles. The number of aromatic nitrogens is 1. The lowest BCUT2D eigenvalue weighted by atomic mass is 10.1. The minimum Gasteiger partial charge on any atom is -0.508 e. The Morgan fingerprint density at radius 3 is 2.78 bits per heavy atom. The van der Waals surface area contributed by atoms with Crippen LogP contribution in [-0.4, -0.2) is 10.1 Å². The van der Waals surface area contributed by atoms with Crippen molar-refractivity contribution in [3.63, 3.8) is 0 Å². The van der Waals surface area contributed by atoms with E-state index in [4.69, 9.17) is 11.6 Å². The monoisotopic (exact) mass is 262 g/mol. The fourth-order valence-electron chi connectivity index (χ4n) is 1.78. The zero-order valence-electron chi connectivity index (χ0n) is 10.4. The van der Waals surface area contributed by atoms with Crippen LogP contribution in [-0.2, 0) is 6.54 Å². The normalized spacial score (nSPS) is 10.4. The molecule has 0 bridgehead atoms. The minimum absolute atomic E-state index is 0.283. The van der Waals surface area contributed by atoms with Gasteiger partial charge in [0.2, 0.25) is 0 Å². The number of phenols is 1. The van der Waals surface area contributed by atoms with Gasteiger partial charge in [-0.15, -0.1) is 0 Å². The second-order valence-corrected chi connectivity index (χ2v) is 4.64. The third kappa shape index (κ3) is 2.74. The average Bonchev–Trinajstić information content (AvgIpc) is 2.33. The molecule has 0 radical (unpaired) electrons. The Hall–Kier alpha value is -1.74. The van der Waals surface area contributed by atoms with E-state index in [1.807, 2.05) is 32.0 Å². The third-order valence-electron chi connectivity index (χ3n) is 2.80. The summed E-state index contributed by atoms with van der Waals surface area (Å²) in [5.74, 6) is 0.283. The van der Waals surface area contributed by atoms with E-state index in [2.05, 4.69) is 10.3 Å². The molecule has 1 aromatic heterocycles. The predicted octanol–water partition coefficient (Wildman–Crippen LogP) is 3.67. The summed E-state index contributed by atoms with van der Waals surface area (Å²) in [6, 6.07) is 7.41. The number of nitrogens with zero attached hydrogens (tertiary/aromatic N) is 1. The molecule has 2 aromatic rings. The summed E-state index contributed by atoms with van der Waals surface area (Å²) in [5, 5.41) is 13.4. The van der Waals surface area contributed by atoms with Gasteiger partial charge in [-0.1, -0.05) is 29.3 Å². The molecule has 18 heavy (non-hydrogen) atoms. The zero-order valence-corrected chi connectivity index (χ0v) is 11.1. The van der Waals surface area contributed by atoms with Crippen LogP contribution in [0.4, 0.5) is 5.69 Å². The van der Waals surface area contributed by atoms with Crippen LogP contribution in [0.1, 0.15) is 16.7 Å². The first-order valence-corrected chi connectivity index (χ1v) is 6.09. The fourth-order valence-corrected chi connectivity index (χ4v) is 2.05. The van der Waals surface area contributed by atoms with E-state index in [0.717, 1.165) is 22.4 Å². The van der Waals surface area contributed by atoms with Crippen LogP contribution >= 0.6 is 11.6 Å². The van der Waals surface area contributed by atoms with Crippen LogP contribution in [0.25, 0.3) is 0 Å². The number of hydrogen-bond acceptors (Lipinski definition) is 3. The van der Waals surface area contributed by atoms with Gasteiger partial charge in [0.05, 0.1) is 5.69 Å². The van der Waals surface area contributed by atoms with Crippen molar-refractivity contribution < 1.29 is 5.11 Å². The molecular weight excluding hydrogens is 248 g/mol. The number of phenolic OH excluding ortho intramolecular Hbond substituents is 1. The van der Waals surface area contributed by atoms with E-state index in [9.17, 15) is 5.11 Å². The lowest BCUT2D eigenvalue weighted by Gasteiger charge is -2.12. The number of aromatic hydroxyl groups is 1. The van der Waals surface area contributed by atoms with Crippen molar-refractivity contribution >= 4 is 17.3 Å². The molecule has 0 aliphatic heterocycles. The number of hydrogen-bond donors (Lipinski definition) is 2. The smallest absolute Gasteiger partial charge is 0.152 e. The quantitative estimate of drug-likeness (QED) is 0.830. The van der Waals surface area contributed by atoms with Crippen LogP contribution < -0.4 is 5.32 Å². The number of anilines is 1. The maximum atomic E-state index is 9.76. The Balaban J connectivity index is 2.19. The molecule has 0 aliphatic rings. The number of pyridine rings is 1. The molecule has 0 fully saturated rings. The SMILES string of the molecule is Cc1ccc(O)c(CNc2c(C)ccnc2Cl)c1. The van der Waals surface area contributed by atoms with Gasteiger partial charge in [-0.3, -0.25) is 0 Å². The van der Waals surface area contributed by atoms with Gasteiger partial charge < -0.3 is 10.4 Å². The maximum Gasteiger partial charge on any atom is 0.152 e. The van der Waals surface area contributed by atoms with Crippen molar-refractivity contribution in [1.82, 2.24) is 4.98 Å². The van der Waals surface area contributed by atoms with E-state index in [0.29, 0.717) is 11.7 Å². The Morgan fingerprint density at radius 2 is 2.06 bits per heavy atom. The minimum atomic E-state index is 0.283. The van der Waals surface area contributed by atoms with Gasteiger partial charge in [-0.25, -0.2) is 4.98 Å². The zero-order chi connectivity index (χ0) is 13.1. The van der Waals surface area contributed by atoms with Gasteiger partial charge in [0.15, 0.2) is 5.15 Å². The summed E-state index contributed by atoms with van der Waals surface area (Å²) in [6.45, 7) is 4.47. The first-order valence-electron chi connectivity index (χ1n) is 5.71. The molecule has 3 nitrogen and oxygen atoms in total. The Labute approximate surface area is 111 Å². The number of halogens is 1. The third-order valence-corrected chi connectivity index (χ3v) is 3.09. The molecule has 4 heteroatoms. The van der Waals surface area contributed by atoms with E-state index in [-0.39, 0.29) is 5.75 Å². The average molecular weight is 263 g/mol. The summed E-state index contributed by atoms with van der Waals surface area (Å²) >= 11 is 6.03. The van der Waals surface area contributed by atoms with Gasteiger partial charge >= 0.3 is 0 Å². The predicted molar refractivity (Wildman–Crippen MR) is 74.2 cm³/mol. The molecule has 0 unspecified atom stereocenters. The van der Waals surface area contributed by atoms with E-state index in [1.165, 1.54) is 0 Å². The van der Waals surface area contributed by atoms with E-state index < -0.39 is 0 Å². The molecule has 94 valence electrons. The molecule has 0 atom stereocenters. The molecular formula is C14H15ClN2O. The van der Waals surface area contributed by atoms with Crippen molar-refractivity contribution in [2.75, 3.05) is 5.32 Å². The van der Waals surface area contributed by atoms with Crippen molar-refractivity contribution in [2.24, 2.45) is 0 Å². The van der Waals surface area contributed by atoms with Crippen molar-refractivity contribution in [1.29, 1.82) is 0 Å². The highest BCUT2D eigenvalue weighted by molar-refractivity contribution is 6.32. The molecule has 0 spiro atoms. The van der Waals surface area contributed by atoms with Crippen molar-refractivity contribution in [2.45, 2.75) is 20.4 Å².